The fourth-order valence-corrected chi connectivity index (χ4v) is 1.25. The van der Waals surface area contributed by atoms with Crippen molar-refractivity contribution in [1.29, 1.82) is 0 Å². The van der Waals surface area contributed by atoms with Gasteiger partial charge in [0.05, 0.1) is 18.2 Å². The molecule has 0 saturated heterocycles. The van der Waals surface area contributed by atoms with Gasteiger partial charge in [-0.25, -0.2) is 9.78 Å². The van der Waals surface area contributed by atoms with E-state index in [1.807, 2.05) is 0 Å². The summed E-state index contributed by atoms with van der Waals surface area (Å²) < 4.78 is 5.17. The highest BCUT2D eigenvalue weighted by molar-refractivity contribution is 5.74. The van der Waals surface area contributed by atoms with Crippen LogP contribution in [0, 0.1) is 0 Å². The lowest BCUT2D eigenvalue weighted by molar-refractivity contribution is -0.112. The first-order chi connectivity index (χ1) is 7.85. The highest BCUT2D eigenvalue weighted by Gasteiger charge is 2.26. The number of aldehydes is 1. The van der Waals surface area contributed by atoms with Crippen LogP contribution in [0.4, 0.5) is 4.79 Å². The van der Waals surface area contributed by atoms with E-state index in [1.165, 1.54) is 24.5 Å². The molecule has 1 heterocycles. The number of hydrogen-bond donors (Lipinski definition) is 1. The molecule has 0 aliphatic rings. The van der Waals surface area contributed by atoms with E-state index in [0.29, 0.717) is 12.0 Å². The second-order valence-corrected chi connectivity index (χ2v) is 4.68. The summed E-state index contributed by atoms with van der Waals surface area (Å²) in [5.41, 5.74) is -0.0411. The van der Waals surface area contributed by atoms with E-state index in [1.54, 1.807) is 20.8 Å². The molecule has 1 aromatic heterocycles. The first kappa shape index (κ1) is 13.2. The standard InChI is InChI=1S/C11H17N3O3/c1-11(2,3)17-10(16)14(4)9(6-15)8-5-12-7-13-8/h5-7,9H,1-4H3,(H,12,13). The number of amides is 1. The molecular formula is C11H17N3O3. The Hall–Kier alpha value is -1.85. The number of likely N-dealkylation sites (N-methyl/N-ethyl adjacent to an activating group) is 1. The van der Waals surface area contributed by atoms with Crippen LogP contribution < -0.4 is 0 Å². The number of aromatic nitrogens is 2. The van der Waals surface area contributed by atoms with Crippen molar-refractivity contribution in [3.63, 3.8) is 0 Å². The number of ether oxygens (including phenoxy) is 1. The van der Waals surface area contributed by atoms with Crippen LogP contribution in [-0.2, 0) is 9.53 Å². The molecule has 1 rings (SSSR count). The van der Waals surface area contributed by atoms with Gasteiger partial charge in [0.2, 0.25) is 0 Å². The number of aromatic amines is 1. The average Bonchev–Trinajstić information content (AvgIpc) is 2.69. The second kappa shape index (κ2) is 4.99. The van der Waals surface area contributed by atoms with Crippen molar-refractivity contribution >= 4 is 12.4 Å². The number of nitrogens with zero attached hydrogens (tertiary/aromatic N) is 2. The van der Waals surface area contributed by atoms with Gasteiger partial charge < -0.3 is 14.5 Å². The number of imidazole rings is 1. The van der Waals surface area contributed by atoms with Crippen LogP contribution in [0.1, 0.15) is 32.5 Å². The molecule has 0 aliphatic heterocycles. The minimum Gasteiger partial charge on any atom is -0.444 e. The number of H-pyrrole nitrogens is 1. The minimum absolute atomic E-state index is 0.549. The first-order valence-electron chi connectivity index (χ1n) is 5.24. The third-order valence-corrected chi connectivity index (χ3v) is 2.07. The van der Waals surface area contributed by atoms with Crippen LogP contribution in [0.25, 0.3) is 0 Å². The summed E-state index contributed by atoms with van der Waals surface area (Å²) in [5, 5.41) is 0. The van der Waals surface area contributed by atoms with Crippen LogP contribution in [0.3, 0.4) is 0 Å². The Kier molecular flexibility index (Phi) is 3.88. The lowest BCUT2D eigenvalue weighted by atomic mass is 10.2. The van der Waals surface area contributed by atoms with Gasteiger partial charge in [0.15, 0.2) is 0 Å². The molecule has 0 radical (unpaired) electrons. The average molecular weight is 239 g/mol. The monoisotopic (exact) mass is 239 g/mol. The van der Waals surface area contributed by atoms with Crippen molar-refractivity contribution in [2.24, 2.45) is 0 Å². The molecule has 1 amide bonds. The molecule has 0 aliphatic carbocycles. The highest BCUT2D eigenvalue weighted by Crippen LogP contribution is 2.17. The summed E-state index contributed by atoms with van der Waals surface area (Å²) in [6, 6.07) is -0.715. The van der Waals surface area contributed by atoms with Gasteiger partial charge in [0, 0.05) is 7.05 Å². The van der Waals surface area contributed by atoms with E-state index in [4.69, 9.17) is 4.74 Å². The summed E-state index contributed by atoms with van der Waals surface area (Å²) in [5.74, 6) is 0. The summed E-state index contributed by atoms with van der Waals surface area (Å²) in [6.45, 7) is 5.31. The van der Waals surface area contributed by atoms with Gasteiger partial charge in [-0.15, -0.1) is 0 Å². The molecule has 0 saturated carbocycles. The van der Waals surface area contributed by atoms with E-state index in [2.05, 4.69) is 9.97 Å². The van der Waals surface area contributed by atoms with Gasteiger partial charge in [-0.1, -0.05) is 0 Å². The lowest BCUT2D eigenvalue weighted by Gasteiger charge is -2.27. The van der Waals surface area contributed by atoms with Crippen LogP contribution in [0.2, 0.25) is 0 Å². The van der Waals surface area contributed by atoms with E-state index in [9.17, 15) is 9.59 Å². The van der Waals surface area contributed by atoms with Gasteiger partial charge in [-0.3, -0.25) is 4.90 Å². The van der Waals surface area contributed by atoms with Gasteiger partial charge in [-0.05, 0) is 20.8 Å². The zero-order chi connectivity index (χ0) is 13.1. The minimum atomic E-state index is -0.715. The third-order valence-electron chi connectivity index (χ3n) is 2.07. The SMILES string of the molecule is CN(C(=O)OC(C)(C)C)C(C=O)c1cnc[nH]1. The van der Waals surface area contributed by atoms with E-state index >= 15 is 0 Å². The zero-order valence-electron chi connectivity index (χ0n) is 10.4. The number of carbonyl (C=O) groups is 2. The first-order valence-corrected chi connectivity index (χ1v) is 5.24. The molecule has 1 aromatic rings. The Balaban J connectivity index is 2.77. The van der Waals surface area contributed by atoms with Crippen LogP contribution in [0.5, 0.6) is 0 Å². The second-order valence-electron chi connectivity index (χ2n) is 4.68. The summed E-state index contributed by atoms with van der Waals surface area (Å²) in [7, 11) is 1.51. The Morgan fingerprint density at radius 1 is 1.59 bits per heavy atom. The molecule has 6 nitrogen and oxygen atoms in total. The van der Waals surface area contributed by atoms with E-state index in [-0.39, 0.29) is 0 Å². The maximum absolute atomic E-state index is 11.8. The predicted molar refractivity (Wildman–Crippen MR) is 61.4 cm³/mol. The van der Waals surface area contributed by atoms with Crippen molar-refractivity contribution in [2.75, 3.05) is 7.05 Å². The number of nitrogens with one attached hydrogen (secondary N) is 1. The fraction of sp³-hybridized carbons (Fsp3) is 0.545. The highest BCUT2D eigenvalue weighted by atomic mass is 16.6. The van der Waals surface area contributed by atoms with Crippen molar-refractivity contribution < 1.29 is 14.3 Å². The number of hydrogen-bond acceptors (Lipinski definition) is 4. The molecule has 1 unspecified atom stereocenters. The van der Waals surface area contributed by atoms with Gasteiger partial charge >= 0.3 is 6.09 Å². The molecule has 1 N–H and O–H groups in total. The van der Waals surface area contributed by atoms with Gasteiger partial charge in [0.1, 0.15) is 17.9 Å². The zero-order valence-corrected chi connectivity index (χ0v) is 10.4. The predicted octanol–water partition coefficient (Wildman–Crippen LogP) is 1.52. The molecule has 0 bridgehead atoms. The van der Waals surface area contributed by atoms with Crippen molar-refractivity contribution in [3.05, 3.63) is 18.2 Å². The summed E-state index contributed by atoms with van der Waals surface area (Å²) in [6.07, 6.45) is 3.07. The van der Waals surface area contributed by atoms with Crippen LogP contribution >= 0.6 is 0 Å². The molecule has 17 heavy (non-hydrogen) atoms. The van der Waals surface area contributed by atoms with Gasteiger partial charge in [0.25, 0.3) is 0 Å². The van der Waals surface area contributed by atoms with Gasteiger partial charge in [-0.2, -0.15) is 0 Å². The number of rotatable bonds is 3. The molecule has 6 heteroatoms. The number of carbonyl (C=O) groups excluding carboxylic acids is 2. The Morgan fingerprint density at radius 2 is 2.24 bits per heavy atom. The molecule has 0 fully saturated rings. The Labute approximate surface area is 100.0 Å². The normalized spacial score (nSPS) is 12.9. The topological polar surface area (TPSA) is 75.3 Å². The molecule has 0 spiro atoms. The van der Waals surface area contributed by atoms with Crippen LogP contribution in [0.15, 0.2) is 12.5 Å². The van der Waals surface area contributed by atoms with E-state index < -0.39 is 17.7 Å². The molecule has 0 aromatic carbocycles. The summed E-state index contributed by atoms with van der Waals surface area (Å²) in [4.78, 5) is 30.6. The Morgan fingerprint density at radius 3 is 2.65 bits per heavy atom. The molecule has 94 valence electrons. The third kappa shape index (κ3) is 3.58. The molecular weight excluding hydrogens is 222 g/mol. The smallest absolute Gasteiger partial charge is 0.410 e. The maximum Gasteiger partial charge on any atom is 0.410 e. The largest absolute Gasteiger partial charge is 0.444 e. The van der Waals surface area contributed by atoms with Crippen molar-refractivity contribution in [1.82, 2.24) is 14.9 Å². The maximum atomic E-state index is 11.8. The van der Waals surface area contributed by atoms with Crippen molar-refractivity contribution in [2.45, 2.75) is 32.4 Å². The summed E-state index contributed by atoms with van der Waals surface area (Å²) >= 11 is 0. The fourth-order valence-electron chi connectivity index (χ4n) is 1.25. The quantitative estimate of drug-likeness (QED) is 0.811. The van der Waals surface area contributed by atoms with Crippen molar-refractivity contribution in [3.8, 4) is 0 Å². The van der Waals surface area contributed by atoms with Crippen LogP contribution in [-0.4, -0.2) is 39.9 Å². The van der Waals surface area contributed by atoms with E-state index in [0.717, 1.165) is 0 Å². The molecule has 1 atom stereocenters. The lowest BCUT2D eigenvalue weighted by Crippen LogP contribution is -2.37. The Bertz CT molecular complexity index is 381.